The number of carboxylic acid groups (broad SMARTS) is 1. The molecule has 0 aromatic heterocycles. The van der Waals surface area contributed by atoms with Crippen LogP contribution in [0.1, 0.15) is 19.3 Å². The molecule has 4 unspecified atom stereocenters. The van der Waals surface area contributed by atoms with Crippen LogP contribution in [0, 0.1) is 27.9 Å². The van der Waals surface area contributed by atoms with Crippen LogP contribution in [-0.4, -0.2) is 52.7 Å². The molecule has 4 N–H and O–H groups in total. The van der Waals surface area contributed by atoms with E-state index in [1.54, 1.807) is 6.21 Å². The quantitative estimate of drug-likeness (QED) is 0.161. The fourth-order valence-electron chi connectivity index (χ4n) is 4.21. The van der Waals surface area contributed by atoms with Gasteiger partial charge in [0.05, 0.1) is 17.6 Å². The molecule has 166 valence electrons. The van der Waals surface area contributed by atoms with Gasteiger partial charge in [0.15, 0.2) is 0 Å². The van der Waals surface area contributed by atoms with Crippen LogP contribution in [-0.2, 0) is 9.53 Å². The molecule has 1 aromatic carbocycles. The standard InChI is InChI=1S/C20H24N4O7/c25-18-9-13-7-12(5-6-31-11-19(26)27)8-16(13)17(18)10-21-23-20(28)22-14-1-3-15(4-2-14)24(29)30/h1-5,10,13,16-18,25H,6-9,11H2,(H,26,27)(H2,22,23,28)/b12-5-,21-10+. The topological polar surface area (TPSA) is 163 Å². The van der Waals surface area contributed by atoms with Crippen molar-refractivity contribution in [2.75, 3.05) is 18.5 Å². The molecule has 0 radical (unpaired) electrons. The largest absolute Gasteiger partial charge is 0.480 e. The number of carboxylic acids is 1. The van der Waals surface area contributed by atoms with Crippen molar-refractivity contribution in [3.8, 4) is 0 Å². The first-order chi connectivity index (χ1) is 14.8. The first-order valence-electron chi connectivity index (χ1n) is 9.83. The number of carbonyl (C=O) groups excluding carboxylic acids is 1. The fraction of sp³-hybridized carbons (Fsp3) is 0.450. The van der Waals surface area contributed by atoms with E-state index in [1.165, 1.54) is 29.8 Å². The van der Waals surface area contributed by atoms with Gasteiger partial charge in [-0.1, -0.05) is 11.6 Å². The second kappa shape index (κ2) is 10.1. The highest BCUT2D eigenvalue weighted by Gasteiger charge is 2.45. The molecule has 0 saturated heterocycles. The van der Waals surface area contributed by atoms with E-state index >= 15 is 0 Å². The summed E-state index contributed by atoms with van der Waals surface area (Å²) in [5, 5.41) is 36.1. The van der Waals surface area contributed by atoms with E-state index in [2.05, 4.69) is 15.8 Å². The van der Waals surface area contributed by atoms with Crippen LogP contribution in [0.25, 0.3) is 0 Å². The van der Waals surface area contributed by atoms with E-state index in [4.69, 9.17) is 9.84 Å². The molecule has 0 heterocycles. The van der Waals surface area contributed by atoms with Crippen LogP contribution in [0.2, 0.25) is 0 Å². The van der Waals surface area contributed by atoms with Crippen LogP contribution in [0.3, 0.4) is 0 Å². The van der Waals surface area contributed by atoms with Crippen molar-refractivity contribution in [3.05, 3.63) is 46.0 Å². The zero-order chi connectivity index (χ0) is 22.4. The number of aliphatic hydroxyl groups is 1. The average Bonchev–Trinajstić information content (AvgIpc) is 3.23. The molecular weight excluding hydrogens is 408 g/mol. The maximum Gasteiger partial charge on any atom is 0.339 e. The number of nitrogens with zero attached hydrogens (tertiary/aromatic N) is 2. The van der Waals surface area contributed by atoms with Gasteiger partial charge >= 0.3 is 12.0 Å². The molecule has 31 heavy (non-hydrogen) atoms. The molecule has 2 saturated carbocycles. The Balaban J connectivity index is 1.48. The Hall–Kier alpha value is -3.31. The molecule has 0 spiro atoms. The summed E-state index contributed by atoms with van der Waals surface area (Å²) in [7, 11) is 0. The summed E-state index contributed by atoms with van der Waals surface area (Å²) in [6, 6.07) is 4.80. The smallest absolute Gasteiger partial charge is 0.339 e. The highest BCUT2D eigenvalue weighted by atomic mass is 16.6. The Kier molecular flexibility index (Phi) is 7.32. The molecule has 4 atom stereocenters. The van der Waals surface area contributed by atoms with Crippen LogP contribution in [0.5, 0.6) is 0 Å². The SMILES string of the molecule is O=C(O)COC/C=C1/CC2CC(O)C(/C=N/NC(=O)Nc3ccc([N+](=O)[O-])cc3)C2C1. The number of nitro benzene ring substituents is 1. The summed E-state index contributed by atoms with van der Waals surface area (Å²) in [6.07, 6.45) is 5.15. The van der Waals surface area contributed by atoms with Gasteiger partial charge in [0, 0.05) is 30.0 Å². The lowest BCUT2D eigenvalue weighted by Crippen LogP contribution is -2.27. The number of aliphatic hydroxyl groups excluding tert-OH is 1. The molecule has 3 rings (SSSR count). The number of rotatable bonds is 8. The van der Waals surface area contributed by atoms with Gasteiger partial charge in [0.2, 0.25) is 0 Å². The number of allylic oxidation sites excluding steroid dienone is 1. The number of hydrogen-bond donors (Lipinski definition) is 4. The van der Waals surface area contributed by atoms with Gasteiger partial charge in [0.25, 0.3) is 5.69 Å². The maximum atomic E-state index is 12.0. The van der Waals surface area contributed by atoms with Gasteiger partial charge < -0.3 is 20.3 Å². The zero-order valence-corrected chi connectivity index (χ0v) is 16.6. The van der Waals surface area contributed by atoms with Crippen LogP contribution in [0.15, 0.2) is 41.0 Å². The Morgan fingerprint density at radius 1 is 1.29 bits per heavy atom. The number of fused-ring (bicyclic) bond motifs is 1. The molecule has 1 aromatic rings. The van der Waals surface area contributed by atoms with E-state index in [0.717, 1.165) is 12.8 Å². The number of aliphatic carboxylic acids is 1. The first-order valence-corrected chi connectivity index (χ1v) is 9.83. The molecule has 0 aliphatic heterocycles. The van der Waals surface area contributed by atoms with E-state index in [9.17, 15) is 24.8 Å². The van der Waals surface area contributed by atoms with Crippen LogP contribution < -0.4 is 10.7 Å². The Bertz CT molecular complexity index is 884. The average molecular weight is 432 g/mol. The zero-order valence-electron chi connectivity index (χ0n) is 16.6. The second-order valence-corrected chi connectivity index (χ2v) is 7.63. The third-order valence-electron chi connectivity index (χ3n) is 5.57. The van der Waals surface area contributed by atoms with Crippen LogP contribution >= 0.6 is 0 Å². The summed E-state index contributed by atoms with van der Waals surface area (Å²) < 4.78 is 5.05. The van der Waals surface area contributed by atoms with Gasteiger partial charge in [-0.05, 0) is 43.2 Å². The van der Waals surface area contributed by atoms with Gasteiger partial charge in [-0.15, -0.1) is 0 Å². The molecule has 2 amide bonds. The number of ether oxygens (including phenoxy) is 1. The van der Waals surface area contributed by atoms with Gasteiger partial charge in [-0.25, -0.2) is 15.0 Å². The number of hydrazone groups is 1. The number of amides is 2. The first kappa shape index (κ1) is 22.4. The minimum Gasteiger partial charge on any atom is -0.480 e. The Morgan fingerprint density at radius 2 is 2.03 bits per heavy atom. The number of nitrogens with one attached hydrogen (secondary N) is 2. The van der Waals surface area contributed by atoms with Crippen molar-refractivity contribution in [1.82, 2.24) is 5.43 Å². The van der Waals surface area contributed by atoms with E-state index in [1.807, 2.05) is 6.08 Å². The summed E-state index contributed by atoms with van der Waals surface area (Å²) >= 11 is 0. The highest BCUT2D eigenvalue weighted by molar-refractivity contribution is 5.89. The summed E-state index contributed by atoms with van der Waals surface area (Å²) in [6.45, 7) is -0.0923. The molecule has 2 aliphatic rings. The summed E-state index contributed by atoms with van der Waals surface area (Å²) in [5.74, 6) is -0.697. The van der Waals surface area contributed by atoms with Crippen molar-refractivity contribution < 1.29 is 29.5 Å². The highest BCUT2D eigenvalue weighted by Crippen LogP contribution is 2.49. The number of anilines is 1. The monoisotopic (exact) mass is 432 g/mol. The molecule has 0 bridgehead atoms. The van der Waals surface area contributed by atoms with Crippen molar-refractivity contribution in [2.24, 2.45) is 22.9 Å². The van der Waals surface area contributed by atoms with Crippen molar-refractivity contribution in [3.63, 3.8) is 0 Å². The fourth-order valence-corrected chi connectivity index (χ4v) is 4.21. The molecule has 2 aliphatic carbocycles. The summed E-state index contributed by atoms with van der Waals surface area (Å²) in [5.41, 5.74) is 3.83. The lowest BCUT2D eigenvalue weighted by molar-refractivity contribution is -0.384. The number of hydrogen-bond acceptors (Lipinski definition) is 7. The minimum atomic E-state index is -1.01. The number of urea groups is 1. The van der Waals surface area contributed by atoms with E-state index in [-0.39, 0.29) is 30.7 Å². The van der Waals surface area contributed by atoms with Crippen molar-refractivity contribution >= 4 is 29.6 Å². The van der Waals surface area contributed by atoms with Gasteiger partial charge in [-0.3, -0.25) is 10.1 Å². The molecule has 11 nitrogen and oxygen atoms in total. The maximum absolute atomic E-state index is 12.0. The molecule has 2 fully saturated rings. The number of carbonyl (C=O) groups is 2. The van der Waals surface area contributed by atoms with Gasteiger partial charge in [-0.2, -0.15) is 5.10 Å². The lowest BCUT2D eigenvalue weighted by Gasteiger charge is -2.16. The van der Waals surface area contributed by atoms with E-state index in [0.29, 0.717) is 18.0 Å². The lowest BCUT2D eigenvalue weighted by atomic mass is 9.92. The third kappa shape index (κ3) is 6.09. The van der Waals surface area contributed by atoms with E-state index < -0.39 is 23.0 Å². The van der Waals surface area contributed by atoms with Crippen molar-refractivity contribution in [1.29, 1.82) is 0 Å². The van der Waals surface area contributed by atoms with Crippen LogP contribution in [0.4, 0.5) is 16.2 Å². The third-order valence-corrected chi connectivity index (χ3v) is 5.57. The number of non-ortho nitro benzene ring substituents is 1. The second-order valence-electron chi connectivity index (χ2n) is 7.63. The number of nitro groups is 1. The Morgan fingerprint density at radius 3 is 2.71 bits per heavy atom. The van der Waals surface area contributed by atoms with Crippen molar-refractivity contribution in [2.45, 2.75) is 25.4 Å². The minimum absolute atomic E-state index is 0.0767. The predicted molar refractivity (Wildman–Crippen MR) is 111 cm³/mol. The van der Waals surface area contributed by atoms with Gasteiger partial charge in [0.1, 0.15) is 6.61 Å². The Labute approximate surface area is 177 Å². The molecule has 11 heteroatoms. The predicted octanol–water partition coefficient (Wildman–Crippen LogP) is 2.14. The molecular formula is C20H24N4O7. The normalized spacial score (nSPS) is 26.2. The number of benzene rings is 1. The summed E-state index contributed by atoms with van der Waals surface area (Å²) in [4.78, 5) is 32.6.